The van der Waals surface area contributed by atoms with Crippen LogP contribution in [0.3, 0.4) is 0 Å². The molecule has 0 fully saturated rings. The van der Waals surface area contributed by atoms with Crippen LogP contribution in [0, 0.1) is 0 Å². The summed E-state index contributed by atoms with van der Waals surface area (Å²) in [5, 5.41) is 0. The Labute approximate surface area is 69.6 Å². The van der Waals surface area contributed by atoms with E-state index < -0.39 is 0 Å². The van der Waals surface area contributed by atoms with E-state index in [0.29, 0.717) is 0 Å². The molecule has 0 amide bonds. The second-order valence-electron chi connectivity index (χ2n) is 2.55. The van der Waals surface area contributed by atoms with Crippen LogP contribution < -0.4 is 0 Å². The molecule has 0 aliphatic carbocycles. The zero-order valence-electron chi connectivity index (χ0n) is 7.48. The average Bonchev–Trinajstić information content (AvgIpc) is 1.98. The van der Waals surface area contributed by atoms with Gasteiger partial charge in [0.25, 0.3) is 0 Å². The minimum Gasteiger partial charge on any atom is -0.0990 e. The standard InChI is InChI=1S/C11H16/c1-6-8-11(9(3)4)10(5)7-2/h6,8H,1,3,5,7H2,2,4H3/b11-8+. The van der Waals surface area contributed by atoms with Gasteiger partial charge in [-0.05, 0) is 24.5 Å². The second kappa shape index (κ2) is 4.73. The van der Waals surface area contributed by atoms with Gasteiger partial charge in [0.15, 0.2) is 0 Å². The highest BCUT2D eigenvalue weighted by molar-refractivity contribution is 5.44. The predicted octanol–water partition coefficient (Wildman–Crippen LogP) is 3.64. The van der Waals surface area contributed by atoms with E-state index in [2.05, 4.69) is 26.7 Å². The summed E-state index contributed by atoms with van der Waals surface area (Å²) >= 11 is 0. The summed E-state index contributed by atoms with van der Waals surface area (Å²) in [7, 11) is 0. The summed E-state index contributed by atoms with van der Waals surface area (Å²) in [6.07, 6.45) is 4.69. The van der Waals surface area contributed by atoms with E-state index >= 15 is 0 Å². The Kier molecular flexibility index (Phi) is 4.28. The number of hydrogen-bond acceptors (Lipinski definition) is 0. The topological polar surface area (TPSA) is 0 Å². The highest BCUT2D eigenvalue weighted by Crippen LogP contribution is 2.18. The van der Waals surface area contributed by atoms with Crippen molar-refractivity contribution in [2.75, 3.05) is 0 Å². The Balaban J connectivity index is 4.61. The summed E-state index contributed by atoms with van der Waals surface area (Å²) in [6, 6.07) is 0. The Bertz CT molecular complexity index is 204. The molecule has 60 valence electrons. The predicted molar refractivity (Wildman–Crippen MR) is 52.5 cm³/mol. The minimum absolute atomic E-state index is 0.965. The number of allylic oxidation sites excluding steroid dienone is 5. The molecule has 0 aromatic carbocycles. The molecule has 0 N–H and O–H groups in total. The quantitative estimate of drug-likeness (QED) is 0.534. The van der Waals surface area contributed by atoms with E-state index in [9.17, 15) is 0 Å². The van der Waals surface area contributed by atoms with Gasteiger partial charge >= 0.3 is 0 Å². The van der Waals surface area contributed by atoms with Gasteiger partial charge in [-0.1, -0.05) is 44.4 Å². The van der Waals surface area contributed by atoms with Crippen molar-refractivity contribution >= 4 is 0 Å². The van der Waals surface area contributed by atoms with Gasteiger partial charge in [0, 0.05) is 0 Å². The highest BCUT2D eigenvalue weighted by Gasteiger charge is 1.98. The zero-order chi connectivity index (χ0) is 8.85. The van der Waals surface area contributed by atoms with Gasteiger partial charge in [0.2, 0.25) is 0 Å². The van der Waals surface area contributed by atoms with Gasteiger partial charge < -0.3 is 0 Å². The SMILES string of the molecule is C=C/C=C(\C(=C)C)C(=C)CC. The van der Waals surface area contributed by atoms with Gasteiger partial charge in [-0.25, -0.2) is 0 Å². The van der Waals surface area contributed by atoms with Crippen molar-refractivity contribution in [3.8, 4) is 0 Å². The molecule has 11 heavy (non-hydrogen) atoms. The molecular formula is C11H16. The van der Waals surface area contributed by atoms with Crippen molar-refractivity contribution in [1.82, 2.24) is 0 Å². The molecule has 0 aliphatic rings. The lowest BCUT2D eigenvalue weighted by Crippen LogP contribution is -1.87. The van der Waals surface area contributed by atoms with Crippen LogP contribution in [0.5, 0.6) is 0 Å². The van der Waals surface area contributed by atoms with Crippen molar-refractivity contribution in [2.45, 2.75) is 20.3 Å². The molecule has 0 unspecified atom stereocenters. The summed E-state index contributed by atoms with van der Waals surface area (Å²) in [6.45, 7) is 15.5. The molecule has 0 nitrogen and oxygen atoms in total. The molecule has 0 heteroatoms. The van der Waals surface area contributed by atoms with Crippen LogP contribution in [0.15, 0.2) is 48.6 Å². The Morgan fingerprint density at radius 3 is 2.18 bits per heavy atom. The fourth-order valence-corrected chi connectivity index (χ4v) is 0.870. The third-order valence-electron chi connectivity index (χ3n) is 1.55. The maximum Gasteiger partial charge on any atom is -0.0207 e. The maximum atomic E-state index is 3.94. The van der Waals surface area contributed by atoms with Crippen molar-refractivity contribution < 1.29 is 0 Å². The van der Waals surface area contributed by atoms with Crippen LogP contribution in [0.4, 0.5) is 0 Å². The monoisotopic (exact) mass is 148 g/mol. The van der Waals surface area contributed by atoms with Gasteiger partial charge in [0.1, 0.15) is 0 Å². The fourth-order valence-electron chi connectivity index (χ4n) is 0.870. The molecule has 0 aromatic rings. The Hall–Kier alpha value is -1.04. The molecule has 0 bridgehead atoms. The number of hydrogen-bond donors (Lipinski definition) is 0. The summed E-state index contributed by atoms with van der Waals surface area (Å²) in [4.78, 5) is 0. The van der Waals surface area contributed by atoms with Crippen molar-refractivity contribution in [3.63, 3.8) is 0 Å². The molecule has 0 radical (unpaired) electrons. The molecule has 0 saturated heterocycles. The smallest absolute Gasteiger partial charge is 0.0207 e. The zero-order valence-corrected chi connectivity index (χ0v) is 7.48. The first-order chi connectivity index (χ1) is 5.13. The van der Waals surface area contributed by atoms with Crippen LogP contribution >= 0.6 is 0 Å². The fraction of sp³-hybridized carbons (Fsp3) is 0.273. The van der Waals surface area contributed by atoms with E-state index in [0.717, 1.165) is 23.1 Å². The number of rotatable bonds is 4. The van der Waals surface area contributed by atoms with Gasteiger partial charge in [0.05, 0.1) is 0 Å². The molecule has 0 aliphatic heterocycles. The van der Waals surface area contributed by atoms with E-state index in [1.807, 2.05) is 13.0 Å². The van der Waals surface area contributed by atoms with Crippen LogP contribution in [0.1, 0.15) is 20.3 Å². The first-order valence-corrected chi connectivity index (χ1v) is 3.80. The summed E-state index contributed by atoms with van der Waals surface area (Å²) in [5.74, 6) is 0. The van der Waals surface area contributed by atoms with Gasteiger partial charge in [-0.15, -0.1) is 0 Å². The first kappa shape index (κ1) is 9.96. The highest BCUT2D eigenvalue weighted by atomic mass is 14.0. The van der Waals surface area contributed by atoms with Crippen molar-refractivity contribution in [1.29, 1.82) is 0 Å². The van der Waals surface area contributed by atoms with Gasteiger partial charge in [-0.3, -0.25) is 0 Å². The molecule has 0 aromatic heterocycles. The molecule has 0 rings (SSSR count). The lowest BCUT2D eigenvalue weighted by atomic mass is 9.99. The van der Waals surface area contributed by atoms with E-state index in [1.54, 1.807) is 6.08 Å². The van der Waals surface area contributed by atoms with Crippen molar-refractivity contribution in [3.05, 3.63) is 48.6 Å². The molecule has 0 heterocycles. The van der Waals surface area contributed by atoms with Gasteiger partial charge in [-0.2, -0.15) is 0 Å². The van der Waals surface area contributed by atoms with Crippen LogP contribution in [0.2, 0.25) is 0 Å². The average molecular weight is 148 g/mol. The third-order valence-corrected chi connectivity index (χ3v) is 1.55. The molecular weight excluding hydrogens is 132 g/mol. The van der Waals surface area contributed by atoms with Crippen LogP contribution in [-0.4, -0.2) is 0 Å². The van der Waals surface area contributed by atoms with E-state index in [-0.39, 0.29) is 0 Å². The summed E-state index contributed by atoms with van der Waals surface area (Å²) < 4.78 is 0. The largest absolute Gasteiger partial charge is 0.0990 e. The normalized spacial score (nSPS) is 10.9. The summed E-state index contributed by atoms with van der Waals surface area (Å²) in [5.41, 5.74) is 3.30. The maximum absolute atomic E-state index is 3.94. The molecule has 0 saturated carbocycles. The van der Waals surface area contributed by atoms with Crippen LogP contribution in [0.25, 0.3) is 0 Å². The van der Waals surface area contributed by atoms with Crippen LogP contribution in [-0.2, 0) is 0 Å². The lowest BCUT2D eigenvalue weighted by Gasteiger charge is -2.06. The second-order valence-corrected chi connectivity index (χ2v) is 2.55. The molecule has 0 spiro atoms. The van der Waals surface area contributed by atoms with E-state index in [1.165, 1.54) is 0 Å². The third kappa shape index (κ3) is 3.03. The van der Waals surface area contributed by atoms with Crippen molar-refractivity contribution in [2.24, 2.45) is 0 Å². The minimum atomic E-state index is 0.965. The Morgan fingerprint density at radius 1 is 1.36 bits per heavy atom. The lowest BCUT2D eigenvalue weighted by molar-refractivity contribution is 1.12. The molecule has 0 atom stereocenters. The van der Waals surface area contributed by atoms with E-state index in [4.69, 9.17) is 0 Å². The Morgan fingerprint density at radius 2 is 1.91 bits per heavy atom. The first-order valence-electron chi connectivity index (χ1n) is 3.80.